The highest BCUT2D eigenvalue weighted by Crippen LogP contribution is 2.32. The number of piperidine rings is 1. The number of rotatable bonds is 2. The molecular weight excluding hydrogens is 278 g/mol. The van der Waals surface area contributed by atoms with Crippen LogP contribution in [0.3, 0.4) is 0 Å². The number of benzene rings is 1. The van der Waals surface area contributed by atoms with E-state index in [4.69, 9.17) is 4.74 Å². The van der Waals surface area contributed by atoms with Crippen LogP contribution in [0.1, 0.15) is 12.8 Å². The molecule has 0 saturated carbocycles. The molecule has 0 amide bonds. The average Bonchev–Trinajstić information content (AvgIpc) is 2.46. The summed E-state index contributed by atoms with van der Waals surface area (Å²) in [7, 11) is -1.88. The molecule has 0 aliphatic carbocycles. The quantitative estimate of drug-likeness (QED) is 0.750. The van der Waals surface area contributed by atoms with E-state index in [-0.39, 0.29) is 11.1 Å². The molecule has 3 rings (SSSR count). The van der Waals surface area contributed by atoms with Crippen molar-refractivity contribution < 1.29 is 13.2 Å². The minimum atomic E-state index is -3.45. The molecule has 20 heavy (non-hydrogen) atoms. The van der Waals surface area contributed by atoms with Gasteiger partial charge in [-0.3, -0.25) is 0 Å². The number of methoxy groups -OCH3 is 1. The van der Waals surface area contributed by atoms with Gasteiger partial charge in [0.25, 0.3) is 0 Å². The Hall–Kier alpha value is -1.31. The summed E-state index contributed by atoms with van der Waals surface area (Å²) in [6.45, 7) is 1.85. The third kappa shape index (κ3) is 2.48. The SMILES string of the molecule is COc1ccc2c(c1)N[C@H](C1CCNCC1)NS2(=O)=O. The first-order chi connectivity index (χ1) is 9.60. The molecular formula is C13H19N3O3S. The summed E-state index contributed by atoms with van der Waals surface area (Å²) in [5.41, 5.74) is 0.617. The van der Waals surface area contributed by atoms with Crippen molar-refractivity contribution in [1.82, 2.24) is 10.0 Å². The van der Waals surface area contributed by atoms with Crippen LogP contribution < -0.4 is 20.1 Å². The van der Waals surface area contributed by atoms with Crippen LogP contribution in [0.25, 0.3) is 0 Å². The number of nitrogens with one attached hydrogen (secondary N) is 3. The van der Waals surface area contributed by atoms with Crippen molar-refractivity contribution >= 4 is 15.7 Å². The summed E-state index contributed by atoms with van der Waals surface area (Å²) in [5, 5.41) is 6.59. The van der Waals surface area contributed by atoms with Crippen molar-refractivity contribution in [2.24, 2.45) is 5.92 Å². The second kappa shape index (κ2) is 5.23. The zero-order chi connectivity index (χ0) is 14.2. The van der Waals surface area contributed by atoms with Crippen molar-refractivity contribution in [3.63, 3.8) is 0 Å². The van der Waals surface area contributed by atoms with Gasteiger partial charge in [0, 0.05) is 6.07 Å². The summed E-state index contributed by atoms with van der Waals surface area (Å²) in [6, 6.07) is 4.97. The molecule has 0 spiro atoms. The van der Waals surface area contributed by atoms with Gasteiger partial charge in [0.1, 0.15) is 10.6 Å². The van der Waals surface area contributed by atoms with Crippen molar-refractivity contribution in [3.8, 4) is 5.75 Å². The molecule has 1 fully saturated rings. The van der Waals surface area contributed by atoms with E-state index in [1.165, 1.54) is 0 Å². The number of hydrogen-bond donors (Lipinski definition) is 3. The Kier molecular flexibility index (Phi) is 3.57. The summed E-state index contributed by atoms with van der Waals surface area (Å²) >= 11 is 0. The maximum atomic E-state index is 12.3. The topological polar surface area (TPSA) is 79.5 Å². The third-order valence-electron chi connectivity index (χ3n) is 3.92. The summed E-state index contributed by atoms with van der Waals surface area (Å²) in [4.78, 5) is 0.281. The van der Waals surface area contributed by atoms with E-state index in [1.54, 1.807) is 25.3 Å². The first-order valence-electron chi connectivity index (χ1n) is 6.78. The molecule has 1 aromatic carbocycles. The third-order valence-corrected chi connectivity index (χ3v) is 5.42. The molecule has 7 heteroatoms. The van der Waals surface area contributed by atoms with Gasteiger partial charge in [-0.05, 0) is 44.0 Å². The largest absolute Gasteiger partial charge is 0.497 e. The molecule has 1 atom stereocenters. The maximum absolute atomic E-state index is 12.3. The monoisotopic (exact) mass is 297 g/mol. The number of fused-ring (bicyclic) bond motifs is 1. The van der Waals surface area contributed by atoms with Crippen LogP contribution in [-0.4, -0.2) is 34.8 Å². The molecule has 2 heterocycles. The molecule has 2 aliphatic rings. The zero-order valence-electron chi connectivity index (χ0n) is 11.3. The maximum Gasteiger partial charge on any atom is 0.244 e. The smallest absolute Gasteiger partial charge is 0.244 e. The van der Waals surface area contributed by atoms with Crippen LogP contribution in [0.2, 0.25) is 0 Å². The average molecular weight is 297 g/mol. The summed E-state index contributed by atoms with van der Waals surface area (Å²) in [6.07, 6.45) is 1.67. The van der Waals surface area contributed by atoms with Crippen LogP contribution >= 0.6 is 0 Å². The van der Waals surface area contributed by atoms with Crippen molar-refractivity contribution in [3.05, 3.63) is 18.2 Å². The van der Waals surface area contributed by atoms with Crippen LogP contribution in [0, 0.1) is 5.92 Å². The van der Waals surface area contributed by atoms with Crippen molar-refractivity contribution in [1.29, 1.82) is 0 Å². The van der Waals surface area contributed by atoms with Crippen LogP contribution in [-0.2, 0) is 10.0 Å². The Morgan fingerprint density at radius 1 is 1.25 bits per heavy atom. The normalized spacial score (nSPS) is 25.6. The highest BCUT2D eigenvalue weighted by atomic mass is 32.2. The first kappa shape index (κ1) is 13.7. The lowest BCUT2D eigenvalue weighted by molar-refractivity contribution is 0.319. The fraction of sp³-hybridized carbons (Fsp3) is 0.538. The van der Waals surface area contributed by atoms with E-state index < -0.39 is 10.0 Å². The van der Waals surface area contributed by atoms with Gasteiger partial charge < -0.3 is 15.4 Å². The Labute approximate surface area is 118 Å². The lowest BCUT2D eigenvalue weighted by atomic mass is 9.95. The van der Waals surface area contributed by atoms with E-state index in [9.17, 15) is 8.42 Å². The van der Waals surface area contributed by atoms with Gasteiger partial charge in [0.15, 0.2) is 0 Å². The summed E-state index contributed by atoms with van der Waals surface area (Å²) < 4.78 is 32.5. The highest BCUT2D eigenvalue weighted by molar-refractivity contribution is 7.89. The highest BCUT2D eigenvalue weighted by Gasteiger charge is 2.34. The van der Waals surface area contributed by atoms with Gasteiger partial charge in [-0.1, -0.05) is 0 Å². The van der Waals surface area contributed by atoms with Crippen LogP contribution in [0.15, 0.2) is 23.1 Å². The minimum Gasteiger partial charge on any atom is -0.497 e. The van der Waals surface area contributed by atoms with E-state index in [2.05, 4.69) is 15.4 Å². The van der Waals surface area contributed by atoms with Gasteiger partial charge in [0.05, 0.1) is 19.0 Å². The second-order valence-electron chi connectivity index (χ2n) is 5.19. The number of ether oxygens (including phenoxy) is 1. The van der Waals surface area contributed by atoms with Gasteiger partial charge in [-0.25, -0.2) is 8.42 Å². The standard InChI is InChI=1S/C13H19N3O3S/c1-19-10-2-3-12-11(8-10)15-13(16-20(12,17)18)9-4-6-14-7-5-9/h2-3,8-9,13-16H,4-7H2,1H3/t13-/m0/s1. The van der Waals surface area contributed by atoms with Gasteiger partial charge in [-0.2, -0.15) is 4.72 Å². The zero-order valence-corrected chi connectivity index (χ0v) is 12.2. The molecule has 0 bridgehead atoms. The molecule has 6 nitrogen and oxygen atoms in total. The van der Waals surface area contributed by atoms with E-state index >= 15 is 0 Å². The Morgan fingerprint density at radius 3 is 2.70 bits per heavy atom. The van der Waals surface area contributed by atoms with Crippen LogP contribution in [0.5, 0.6) is 5.75 Å². The molecule has 3 N–H and O–H groups in total. The Bertz CT molecular complexity index is 597. The van der Waals surface area contributed by atoms with Crippen LogP contribution in [0.4, 0.5) is 5.69 Å². The predicted octanol–water partition coefficient (Wildman–Crippen LogP) is 0.725. The lowest BCUT2D eigenvalue weighted by Gasteiger charge is -2.35. The Morgan fingerprint density at radius 2 is 2.00 bits per heavy atom. The molecule has 0 unspecified atom stereocenters. The molecule has 0 aromatic heterocycles. The number of anilines is 1. The minimum absolute atomic E-state index is 0.248. The van der Waals surface area contributed by atoms with E-state index in [1.807, 2.05) is 0 Å². The predicted molar refractivity (Wildman–Crippen MR) is 76.3 cm³/mol. The van der Waals surface area contributed by atoms with Crippen molar-refractivity contribution in [2.75, 3.05) is 25.5 Å². The van der Waals surface area contributed by atoms with Gasteiger partial charge in [-0.15, -0.1) is 0 Å². The van der Waals surface area contributed by atoms with E-state index in [0.717, 1.165) is 25.9 Å². The fourth-order valence-corrected chi connectivity index (χ4v) is 4.17. The number of hydrogen-bond acceptors (Lipinski definition) is 5. The first-order valence-corrected chi connectivity index (χ1v) is 8.26. The van der Waals surface area contributed by atoms with Crippen molar-refractivity contribution in [2.45, 2.75) is 23.9 Å². The Balaban J connectivity index is 1.92. The molecule has 1 aromatic rings. The summed E-state index contributed by atoms with van der Waals surface area (Å²) in [5.74, 6) is 0.947. The van der Waals surface area contributed by atoms with Gasteiger partial charge in [0.2, 0.25) is 10.0 Å². The molecule has 110 valence electrons. The second-order valence-corrected chi connectivity index (χ2v) is 6.88. The van der Waals surface area contributed by atoms with Gasteiger partial charge >= 0.3 is 0 Å². The fourth-order valence-electron chi connectivity index (χ4n) is 2.80. The molecule has 2 aliphatic heterocycles. The molecule has 0 radical (unpaired) electrons. The number of sulfonamides is 1. The lowest BCUT2D eigenvalue weighted by Crippen LogP contribution is -2.51. The van der Waals surface area contributed by atoms with E-state index in [0.29, 0.717) is 17.4 Å². The molecule has 1 saturated heterocycles.